The fourth-order valence-electron chi connectivity index (χ4n) is 4.17. The van der Waals surface area contributed by atoms with Crippen molar-refractivity contribution in [1.29, 1.82) is 0 Å². The minimum Gasteiger partial charge on any atom is -0.480 e. The predicted octanol–water partition coefficient (Wildman–Crippen LogP) is 3.79. The van der Waals surface area contributed by atoms with Gasteiger partial charge in [-0.15, -0.1) is 0 Å². The van der Waals surface area contributed by atoms with Crippen molar-refractivity contribution in [3.63, 3.8) is 0 Å². The molecule has 25 heavy (non-hydrogen) atoms. The second kappa shape index (κ2) is 6.92. The van der Waals surface area contributed by atoms with E-state index in [1.165, 1.54) is 0 Å². The van der Waals surface area contributed by atoms with Crippen LogP contribution in [0, 0.1) is 28.4 Å². The van der Waals surface area contributed by atoms with Crippen LogP contribution in [0.5, 0.6) is 0 Å². The number of halogens is 1. The highest BCUT2D eigenvalue weighted by atomic mass is 35.5. The van der Waals surface area contributed by atoms with Crippen molar-refractivity contribution < 1.29 is 14.8 Å². The Labute approximate surface area is 152 Å². The maximum absolute atomic E-state index is 12.0. The van der Waals surface area contributed by atoms with Crippen LogP contribution in [0.25, 0.3) is 0 Å². The fourth-order valence-corrected chi connectivity index (χ4v) is 4.35. The highest BCUT2D eigenvalue weighted by Gasteiger charge is 2.61. The first-order valence-electron chi connectivity index (χ1n) is 8.38. The van der Waals surface area contributed by atoms with Crippen LogP contribution >= 0.6 is 11.6 Å². The fraction of sp³-hybridized carbons (Fsp3) is 0.611. The summed E-state index contributed by atoms with van der Waals surface area (Å²) in [4.78, 5) is 25.5. The lowest BCUT2D eigenvalue weighted by Gasteiger charge is -2.31. The number of carboxylic acids is 1. The SMILES string of the molecule is CCN1[C@H](C(=O)O)[C@@H](C(C)(C)C)[C@H]([N+](=O)[O-])[C@@H]1c1cc(Cl)ccc1C. The maximum atomic E-state index is 12.0. The van der Waals surface area contributed by atoms with E-state index in [0.717, 1.165) is 11.1 Å². The van der Waals surface area contributed by atoms with Crippen molar-refractivity contribution in [3.05, 3.63) is 44.5 Å². The largest absolute Gasteiger partial charge is 0.480 e. The second-order valence-corrected chi connectivity index (χ2v) is 8.16. The molecule has 0 unspecified atom stereocenters. The molecule has 0 bridgehead atoms. The van der Waals surface area contributed by atoms with Crippen LogP contribution in [0.1, 0.15) is 44.9 Å². The summed E-state index contributed by atoms with van der Waals surface area (Å²) in [5, 5.41) is 22.4. The van der Waals surface area contributed by atoms with E-state index in [9.17, 15) is 20.0 Å². The zero-order valence-electron chi connectivity index (χ0n) is 15.2. The number of aliphatic carboxylic acids is 1. The van der Waals surface area contributed by atoms with Gasteiger partial charge in [0.05, 0.1) is 5.92 Å². The summed E-state index contributed by atoms with van der Waals surface area (Å²) in [6.45, 7) is 9.72. The average Bonchev–Trinajstić information content (AvgIpc) is 2.85. The van der Waals surface area contributed by atoms with Gasteiger partial charge in [0.2, 0.25) is 6.04 Å². The van der Waals surface area contributed by atoms with Crippen LogP contribution in [0.3, 0.4) is 0 Å². The van der Waals surface area contributed by atoms with Gasteiger partial charge in [0, 0.05) is 9.95 Å². The molecule has 0 saturated carbocycles. The first kappa shape index (κ1) is 19.7. The van der Waals surface area contributed by atoms with E-state index in [4.69, 9.17) is 11.6 Å². The molecule has 6 nitrogen and oxygen atoms in total. The standard InChI is InChI=1S/C18H25ClN2O4/c1-6-20-14(12-9-11(19)8-7-10(12)2)15(21(24)25)13(18(3,4)5)16(20)17(22)23/h7-9,13-16H,6H2,1-5H3,(H,22,23)/t13-,14-,15-,16-/m0/s1. The number of nitrogens with zero attached hydrogens (tertiary/aromatic N) is 2. The molecule has 1 fully saturated rings. The van der Waals surface area contributed by atoms with Crippen molar-refractivity contribution in [1.82, 2.24) is 4.90 Å². The van der Waals surface area contributed by atoms with E-state index in [-0.39, 0.29) is 4.92 Å². The molecule has 0 spiro atoms. The maximum Gasteiger partial charge on any atom is 0.321 e. The molecule has 1 aromatic carbocycles. The highest BCUT2D eigenvalue weighted by Crippen LogP contribution is 2.49. The smallest absolute Gasteiger partial charge is 0.321 e. The van der Waals surface area contributed by atoms with Gasteiger partial charge in [0.1, 0.15) is 12.1 Å². The topological polar surface area (TPSA) is 83.7 Å². The third kappa shape index (κ3) is 3.51. The molecular formula is C18H25ClN2O4. The lowest BCUT2D eigenvalue weighted by atomic mass is 9.72. The molecule has 0 radical (unpaired) electrons. The van der Waals surface area contributed by atoms with E-state index in [1.54, 1.807) is 17.0 Å². The Bertz CT molecular complexity index is 686. The molecule has 7 heteroatoms. The molecule has 0 aromatic heterocycles. The first-order chi connectivity index (χ1) is 11.5. The molecule has 1 heterocycles. The highest BCUT2D eigenvalue weighted by molar-refractivity contribution is 6.30. The number of likely N-dealkylation sites (N-methyl/N-ethyl adjacent to an activating group) is 1. The summed E-state index contributed by atoms with van der Waals surface area (Å²) in [5.41, 5.74) is 1.07. The van der Waals surface area contributed by atoms with E-state index in [1.807, 2.05) is 40.7 Å². The summed E-state index contributed by atoms with van der Waals surface area (Å²) >= 11 is 6.13. The number of benzene rings is 1. The zero-order valence-corrected chi connectivity index (χ0v) is 15.9. The third-order valence-corrected chi connectivity index (χ3v) is 5.40. The van der Waals surface area contributed by atoms with Gasteiger partial charge in [-0.25, -0.2) is 0 Å². The molecule has 0 amide bonds. The Morgan fingerprint density at radius 1 is 1.40 bits per heavy atom. The summed E-state index contributed by atoms with van der Waals surface area (Å²) in [7, 11) is 0. The number of likely N-dealkylation sites (tertiary alicyclic amines) is 1. The normalized spacial score (nSPS) is 27.4. The molecule has 1 aromatic rings. The van der Waals surface area contributed by atoms with Crippen LogP contribution in [0.4, 0.5) is 0 Å². The average molecular weight is 369 g/mol. The van der Waals surface area contributed by atoms with Crippen molar-refractivity contribution in [2.45, 2.75) is 52.7 Å². The van der Waals surface area contributed by atoms with E-state index in [0.29, 0.717) is 11.6 Å². The van der Waals surface area contributed by atoms with Gasteiger partial charge >= 0.3 is 5.97 Å². The van der Waals surface area contributed by atoms with Crippen LogP contribution in [0.15, 0.2) is 18.2 Å². The summed E-state index contributed by atoms with van der Waals surface area (Å²) in [6.07, 6.45) is 0. The van der Waals surface area contributed by atoms with E-state index in [2.05, 4.69) is 0 Å². The quantitative estimate of drug-likeness (QED) is 0.645. The molecule has 0 aliphatic carbocycles. The van der Waals surface area contributed by atoms with Crippen molar-refractivity contribution in [2.24, 2.45) is 11.3 Å². The Morgan fingerprint density at radius 3 is 2.44 bits per heavy atom. The molecule has 1 N–H and O–H groups in total. The number of hydrogen-bond acceptors (Lipinski definition) is 4. The molecular weight excluding hydrogens is 344 g/mol. The molecule has 4 atom stereocenters. The monoisotopic (exact) mass is 368 g/mol. The molecule has 1 aliphatic heterocycles. The van der Waals surface area contributed by atoms with E-state index >= 15 is 0 Å². The molecule has 2 rings (SSSR count). The third-order valence-electron chi connectivity index (χ3n) is 5.17. The summed E-state index contributed by atoms with van der Waals surface area (Å²) < 4.78 is 0. The minimum atomic E-state index is -1.02. The minimum absolute atomic E-state index is 0.313. The lowest BCUT2D eigenvalue weighted by Crippen LogP contribution is -2.45. The van der Waals surface area contributed by atoms with Gasteiger partial charge < -0.3 is 5.11 Å². The van der Waals surface area contributed by atoms with Crippen molar-refractivity contribution >= 4 is 17.6 Å². The van der Waals surface area contributed by atoms with Crippen molar-refractivity contribution in [2.75, 3.05) is 6.54 Å². The Morgan fingerprint density at radius 2 is 2.00 bits per heavy atom. The van der Waals surface area contributed by atoms with Crippen molar-refractivity contribution in [3.8, 4) is 0 Å². The number of carboxylic acid groups (broad SMARTS) is 1. The summed E-state index contributed by atoms with van der Waals surface area (Å²) in [6, 6.07) is 2.74. The number of hydrogen-bond donors (Lipinski definition) is 1. The van der Waals surface area contributed by atoms with Crippen LogP contribution < -0.4 is 0 Å². The van der Waals surface area contributed by atoms with Crippen LogP contribution in [-0.2, 0) is 4.79 Å². The Balaban J connectivity index is 2.72. The number of carbonyl (C=O) groups is 1. The Hall–Kier alpha value is -1.66. The molecule has 1 aliphatic rings. The Kier molecular flexibility index (Phi) is 5.44. The second-order valence-electron chi connectivity index (χ2n) is 7.73. The van der Waals surface area contributed by atoms with Crippen LogP contribution in [-0.4, -0.2) is 39.5 Å². The van der Waals surface area contributed by atoms with E-state index < -0.39 is 35.4 Å². The summed E-state index contributed by atoms with van der Waals surface area (Å²) in [5.74, 6) is -1.64. The van der Waals surface area contributed by atoms with Gasteiger partial charge in [-0.3, -0.25) is 19.8 Å². The van der Waals surface area contributed by atoms with Crippen LogP contribution in [0.2, 0.25) is 5.02 Å². The van der Waals surface area contributed by atoms with Gasteiger partial charge in [0.15, 0.2) is 0 Å². The predicted molar refractivity (Wildman–Crippen MR) is 96.5 cm³/mol. The first-order valence-corrected chi connectivity index (χ1v) is 8.76. The van der Waals surface area contributed by atoms with Gasteiger partial charge in [0.25, 0.3) is 0 Å². The molecule has 138 valence electrons. The van der Waals surface area contributed by atoms with Gasteiger partial charge in [-0.1, -0.05) is 45.4 Å². The number of rotatable bonds is 4. The molecule has 1 saturated heterocycles. The number of nitro groups is 1. The lowest BCUT2D eigenvalue weighted by molar-refractivity contribution is -0.537. The van der Waals surface area contributed by atoms with Gasteiger partial charge in [-0.05, 0) is 42.1 Å². The number of aryl methyl sites for hydroxylation is 1. The van der Waals surface area contributed by atoms with Gasteiger partial charge in [-0.2, -0.15) is 0 Å². The zero-order chi connectivity index (χ0) is 19.1.